The van der Waals surface area contributed by atoms with Crippen LogP contribution in [0.5, 0.6) is 0 Å². The molecule has 0 bridgehead atoms. The average Bonchev–Trinajstić information content (AvgIpc) is 4.13. The van der Waals surface area contributed by atoms with Crippen LogP contribution in [-0.2, 0) is 0 Å². The van der Waals surface area contributed by atoms with Crippen molar-refractivity contribution in [2.75, 3.05) is 4.90 Å². The van der Waals surface area contributed by atoms with E-state index in [4.69, 9.17) is 0 Å². The van der Waals surface area contributed by atoms with Crippen LogP contribution in [0.1, 0.15) is 0 Å². The van der Waals surface area contributed by atoms with Gasteiger partial charge in [-0.2, -0.15) is 0 Å². The van der Waals surface area contributed by atoms with Crippen molar-refractivity contribution < 1.29 is 0 Å². The molecule has 0 N–H and O–H groups in total. The van der Waals surface area contributed by atoms with Crippen LogP contribution in [0.15, 0.2) is 224 Å². The van der Waals surface area contributed by atoms with Crippen molar-refractivity contribution in [2.45, 2.75) is 0 Å². The zero-order chi connectivity index (χ0) is 42.6. The minimum atomic E-state index is 1.10. The van der Waals surface area contributed by atoms with Crippen LogP contribution in [0.2, 0.25) is 0 Å². The van der Waals surface area contributed by atoms with Gasteiger partial charge in [-0.1, -0.05) is 133 Å². The number of aromatic nitrogens is 2. The summed E-state index contributed by atoms with van der Waals surface area (Å²) in [5.41, 5.74) is 12.9. The number of nitrogens with zero attached hydrogens (tertiary/aromatic N) is 3. The topological polar surface area (TPSA) is 13.1 Å². The van der Waals surface area contributed by atoms with Crippen molar-refractivity contribution in [2.24, 2.45) is 0 Å². The molecular weight excluding hydrogens is 827 g/mol. The highest BCUT2D eigenvalue weighted by Gasteiger charge is 2.22. The molecule has 5 heteroatoms. The van der Waals surface area contributed by atoms with E-state index in [0.717, 1.165) is 28.4 Å². The molecular formula is C60H37N3S2. The summed E-state index contributed by atoms with van der Waals surface area (Å²) in [5.74, 6) is 0. The molecule has 0 amide bonds. The highest BCUT2D eigenvalue weighted by Crippen LogP contribution is 2.47. The van der Waals surface area contributed by atoms with Gasteiger partial charge in [-0.05, 0) is 102 Å². The third-order valence-corrected chi connectivity index (χ3v) is 15.7. The van der Waals surface area contributed by atoms with E-state index in [0.29, 0.717) is 0 Å². The van der Waals surface area contributed by atoms with Gasteiger partial charge in [0.05, 0.1) is 26.8 Å². The number of benzene rings is 10. The van der Waals surface area contributed by atoms with Crippen molar-refractivity contribution in [1.82, 2.24) is 9.13 Å². The molecule has 0 radical (unpaired) electrons. The molecule has 0 fully saturated rings. The Labute approximate surface area is 382 Å². The normalized spacial score (nSPS) is 12.0. The molecule has 304 valence electrons. The Morgan fingerprint density at radius 1 is 0.308 bits per heavy atom. The van der Waals surface area contributed by atoms with E-state index in [-0.39, 0.29) is 0 Å². The van der Waals surface area contributed by atoms with E-state index in [1.165, 1.54) is 95.1 Å². The number of anilines is 3. The number of thiophene rings is 2. The van der Waals surface area contributed by atoms with Gasteiger partial charge in [-0.25, -0.2) is 0 Å². The van der Waals surface area contributed by atoms with Crippen molar-refractivity contribution >= 4 is 124 Å². The molecule has 0 saturated heterocycles. The molecule has 14 rings (SSSR count). The lowest BCUT2D eigenvalue weighted by molar-refractivity contribution is 1.18. The van der Waals surface area contributed by atoms with Crippen LogP contribution in [0.4, 0.5) is 17.1 Å². The van der Waals surface area contributed by atoms with E-state index in [1.54, 1.807) is 0 Å². The van der Waals surface area contributed by atoms with Gasteiger partial charge < -0.3 is 14.0 Å². The molecule has 0 spiro atoms. The monoisotopic (exact) mass is 863 g/mol. The fourth-order valence-corrected chi connectivity index (χ4v) is 12.9. The zero-order valence-corrected chi connectivity index (χ0v) is 36.7. The molecule has 0 unspecified atom stereocenters. The summed E-state index contributed by atoms with van der Waals surface area (Å²) < 4.78 is 10.1. The van der Waals surface area contributed by atoms with Gasteiger partial charge in [-0.3, -0.25) is 0 Å². The summed E-state index contributed by atoms with van der Waals surface area (Å²) in [6.07, 6.45) is 0. The highest BCUT2D eigenvalue weighted by atomic mass is 32.1. The lowest BCUT2D eigenvalue weighted by atomic mass is 10.0. The third-order valence-electron chi connectivity index (χ3n) is 13.3. The van der Waals surface area contributed by atoms with Crippen LogP contribution < -0.4 is 4.90 Å². The van der Waals surface area contributed by atoms with Crippen LogP contribution in [-0.4, -0.2) is 9.13 Å². The first-order valence-corrected chi connectivity index (χ1v) is 23.7. The van der Waals surface area contributed by atoms with E-state index in [2.05, 4.69) is 238 Å². The second kappa shape index (κ2) is 14.3. The van der Waals surface area contributed by atoms with E-state index >= 15 is 0 Å². The Morgan fingerprint density at radius 3 is 1.49 bits per heavy atom. The second-order valence-corrected chi connectivity index (χ2v) is 19.0. The first-order chi connectivity index (χ1) is 32.2. The summed E-state index contributed by atoms with van der Waals surface area (Å²) in [6, 6.07) is 82.6. The first-order valence-electron chi connectivity index (χ1n) is 22.1. The van der Waals surface area contributed by atoms with Crippen LogP contribution in [0.3, 0.4) is 0 Å². The third kappa shape index (κ3) is 5.53. The van der Waals surface area contributed by atoms with Crippen molar-refractivity contribution in [3.8, 4) is 22.5 Å². The number of hydrogen-bond donors (Lipinski definition) is 0. The van der Waals surface area contributed by atoms with Crippen LogP contribution in [0, 0.1) is 0 Å². The summed E-state index contributed by atoms with van der Waals surface area (Å²) in [7, 11) is 0. The van der Waals surface area contributed by atoms with Gasteiger partial charge in [0.1, 0.15) is 0 Å². The predicted molar refractivity (Wildman–Crippen MR) is 281 cm³/mol. The van der Waals surface area contributed by atoms with Gasteiger partial charge in [0, 0.05) is 85.6 Å². The van der Waals surface area contributed by atoms with Crippen LogP contribution in [0.25, 0.3) is 106 Å². The number of rotatable bonds is 6. The molecule has 3 nitrogen and oxygen atoms in total. The molecule has 4 heterocycles. The van der Waals surface area contributed by atoms with E-state index in [1.807, 2.05) is 22.7 Å². The van der Waals surface area contributed by atoms with Crippen molar-refractivity contribution in [3.63, 3.8) is 0 Å². The maximum absolute atomic E-state index is 2.48. The summed E-state index contributed by atoms with van der Waals surface area (Å²) in [6.45, 7) is 0. The Morgan fingerprint density at radius 2 is 0.800 bits per heavy atom. The Bertz CT molecular complexity index is 4170. The smallest absolute Gasteiger partial charge is 0.0719 e. The SMILES string of the molecule is c1ccc(-n2c3ccccc3c3cc(N(c4ccc(-c5cccc6c5sc5ccccc56)cc4)c4ccc5c(c4)c4ccc6c7ccccc7sc6c4n5-c4ccccc4)ccc32)cc1. The summed E-state index contributed by atoms with van der Waals surface area (Å²) in [4.78, 5) is 2.45. The fraction of sp³-hybridized carbons (Fsp3) is 0. The zero-order valence-electron chi connectivity index (χ0n) is 35.0. The molecule has 10 aromatic carbocycles. The van der Waals surface area contributed by atoms with Gasteiger partial charge in [0.2, 0.25) is 0 Å². The Hall–Kier alpha value is -7.96. The molecule has 4 aromatic heterocycles. The lowest BCUT2D eigenvalue weighted by Crippen LogP contribution is -2.10. The minimum absolute atomic E-state index is 1.10. The van der Waals surface area contributed by atoms with Crippen LogP contribution >= 0.6 is 22.7 Å². The Balaban J connectivity index is 1.00. The summed E-state index contributed by atoms with van der Waals surface area (Å²) in [5, 5.41) is 10.2. The van der Waals surface area contributed by atoms with E-state index < -0.39 is 0 Å². The minimum Gasteiger partial charge on any atom is -0.310 e. The largest absolute Gasteiger partial charge is 0.310 e. The average molecular weight is 864 g/mol. The molecule has 65 heavy (non-hydrogen) atoms. The Kier molecular flexibility index (Phi) is 8.02. The van der Waals surface area contributed by atoms with Crippen molar-refractivity contribution in [3.05, 3.63) is 224 Å². The lowest BCUT2D eigenvalue weighted by Gasteiger charge is -2.26. The maximum atomic E-state index is 2.48. The number of fused-ring (bicyclic) bond motifs is 13. The summed E-state index contributed by atoms with van der Waals surface area (Å²) >= 11 is 3.77. The number of hydrogen-bond acceptors (Lipinski definition) is 3. The van der Waals surface area contributed by atoms with Gasteiger partial charge >= 0.3 is 0 Å². The fourth-order valence-electron chi connectivity index (χ4n) is 10.4. The predicted octanol–water partition coefficient (Wildman–Crippen LogP) is 17.8. The molecule has 0 atom stereocenters. The quantitative estimate of drug-likeness (QED) is 0.162. The number of para-hydroxylation sites is 3. The van der Waals surface area contributed by atoms with Crippen molar-refractivity contribution in [1.29, 1.82) is 0 Å². The van der Waals surface area contributed by atoms with E-state index in [9.17, 15) is 0 Å². The molecule has 14 aromatic rings. The molecule has 0 aliphatic carbocycles. The highest BCUT2D eigenvalue weighted by molar-refractivity contribution is 7.27. The molecule has 0 aliphatic heterocycles. The first kappa shape index (κ1) is 36.5. The van der Waals surface area contributed by atoms with Gasteiger partial charge in [0.25, 0.3) is 0 Å². The maximum Gasteiger partial charge on any atom is 0.0719 e. The molecule has 0 aliphatic rings. The molecule has 0 saturated carbocycles. The standard InChI is InChI=1S/C60H37N3S2/c1-3-14-39(15-4-1)62-53-23-10-7-18-45(53)51-36-42(30-34-54(51)62)61(41-28-26-38(27-29-41)44-21-13-22-49-46-19-8-11-24-56(46)64-59(44)49)43-31-35-55-52(37-43)48-32-33-50-47-20-9-12-25-57(47)65-60(50)58(48)63(55)40-16-5-2-6-17-40/h1-37H. The van der Waals surface area contributed by atoms with Gasteiger partial charge in [-0.15, -0.1) is 22.7 Å². The van der Waals surface area contributed by atoms with Gasteiger partial charge in [0.15, 0.2) is 0 Å². The second-order valence-electron chi connectivity index (χ2n) is 16.9.